The lowest BCUT2D eigenvalue weighted by atomic mass is 10.2. The lowest BCUT2D eigenvalue weighted by molar-refractivity contribution is -0.121. The molecule has 1 aromatic heterocycles. The van der Waals surface area contributed by atoms with Gasteiger partial charge in [0.15, 0.2) is 0 Å². The number of aromatic nitrogens is 2. The maximum Gasteiger partial charge on any atom is 0.244 e. The first kappa shape index (κ1) is 18.6. The van der Waals surface area contributed by atoms with Gasteiger partial charge in [-0.15, -0.1) is 0 Å². The average molecular weight is 364 g/mol. The molecule has 3 rings (SSSR count). The van der Waals surface area contributed by atoms with Crippen molar-refractivity contribution in [3.05, 3.63) is 59.9 Å². The lowest BCUT2D eigenvalue weighted by Crippen LogP contribution is -2.26. The summed E-state index contributed by atoms with van der Waals surface area (Å²) < 4.78 is 1.86. The van der Waals surface area contributed by atoms with E-state index in [9.17, 15) is 9.59 Å². The Morgan fingerprint density at radius 2 is 1.78 bits per heavy atom. The second-order valence-corrected chi connectivity index (χ2v) is 6.49. The molecule has 0 saturated carbocycles. The highest BCUT2D eigenvalue weighted by molar-refractivity contribution is 5.92. The molecule has 0 aliphatic carbocycles. The molecule has 0 radical (unpaired) electrons. The van der Waals surface area contributed by atoms with Crippen LogP contribution in [0.5, 0.6) is 0 Å². The van der Waals surface area contributed by atoms with Crippen LogP contribution >= 0.6 is 0 Å². The van der Waals surface area contributed by atoms with Crippen molar-refractivity contribution in [2.75, 3.05) is 5.32 Å². The van der Waals surface area contributed by atoms with E-state index in [1.807, 2.05) is 66.9 Å². The fourth-order valence-electron chi connectivity index (χ4n) is 2.98. The van der Waals surface area contributed by atoms with Crippen molar-refractivity contribution >= 4 is 28.5 Å². The molecule has 27 heavy (non-hydrogen) atoms. The Hall–Kier alpha value is -3.15. The number of para-hydroxylation sites is 3. The van der Waals surface area contributed by atoms with E-state index in [0.717, 1.165) is 28.7 Å². The highest BCUT2D eigenvalue weighted by atomic mass is 16.2. The summed E-state index contributed by atoms with van der Waals surface area (Å²) in [5.41, 5.74) is 3.48. The number of imidazole rings is 1. The maximum atomic E-state index is 12.6. The van der Waals surface area contributed by atoms with Gasteiger partial charge in [-0.3, -0.25) is 9.59 Å². The zero-order valence-corrected chi connectivity index (χ0v) is 15.7. The fourth-order valence-corrected chi connectivity index (χ4v) is 2.98. The molecule has 0 aliphatic heterocycles. The molecule has 0 spiro atoms. The Morgan fingerprint density at radius 3 is 2.56 bits per heavy atom. The molecule has 2 aromatic carbocycles. The minimum atomic E-state index is -0.131. The lowest BCUT2D eigenvalue weighted by Gasteiger charge is -2.12. The Kier molecular flexibility index (Phi) is 5.86. The number of rotatable bonds is 7. The standard InChI is InChI=1S/C21H24N4O2/c1-3-8-20(26)22-13-19-23-17-11-6-7-12-18(17)25(19)14-21(27)24-16-10-5-4-9-15(16)2/h4-7,9-12H,3,8,13-14H2,1-2H3,(H,22,26)(H,24,27). The number of nitrogens with zero attached hydrogens (tertiary/aromatic N) is 2. The maximum absolute atomic E-state index is 12.6. The third-order valence-electron chi connectivity index (χ3n) is 4.38. The van der Waals surface area contributed by atoms with Crippen LogP contribution in [-0.4, -0.2) is 21.4 Å². The van der Waals surface area contributed by atoms with Crippen LogP contribution in [0, 0.1) is 6.92 Å². The van der Waals surface area contributed by atoms with Crippen LogP contribution < -0.4 is 10.6 Å². The van der Waals surface area contributed by atoms with E-state index in [-0.39, 0.29) is 18.4 Å². The monoisotopic (exact) mass is 364 g/mol. The molecule has 0 fully saturated rings. The summed E-state index contributed by atoms with van der Waals surface area (Å²) in [5, 5.41) is 5.83. The first-order chi connectivity index (χ1) is 13.1. The molecular weight excluding hydrogens is 340 g/mol. The van der Waals surface area contributed by atoms with Gasteiger partial charge < -0.3 is 15.2 Å². The topological polar surface area (TPSA) is 76.0 Å². The summed E-state index contributed by atoms with van der Waals surface area (Å²) in [4.78, 5) is 29.0. The number of aryl methyl sites for hydroxylation is 1. The zero-order valence-electron chi connectivity index (χ0n) is 15.7. The van der Waals surface area contributed by atoms with Gasteiger partial charge in [-0.1, -0.05) is 37.3 Å². The predicted octanol–water partition coefficient (Wildman–Crippen LogP) is 3.40. The SMILES string of the molecule is CCCC(=O)NCc1nc2ccccc2n1CC(=O)Nc1ccccc1C. The van der Waals surface area contributed by atoms with Crippen molar-refractivity contribution in [3.63, 3.8) is 0 Å². The number of nitrogens with one attached hydrogen (secondary N) is 2. The third kappa shape index (κ3) is 4.53. The second kappa shape index (κ2) is 8.49. The van der Waals surface area contributed by atoms with Crippen molar-refractivity contribution in [2.45, 2.75) is 39.8 Å². The number of hydrogen-bond donors (Lipinski definition) is 2. The molecular formula is C21H24N4O2. The van der Waals surface area contributed by atoms with Crippen LogP contribution in [0.25, 0.3) is 11.0 Å². The Balaban J connectivity index is 1.81. The quantitative estimate of drug-likeness (QED) is 0.675. The number of hydrogen-bond acceptors (Lipinski definition) is 3. The van der Waals surface area contributed by atoms with Gasteiger partial charge >= 0.3 is 0 Å². The van der Waals surface area contributed by atoms with E-state index < -0.39 is 0 Å². The van der Waals surface area contributed by atoms with Crippen molar-refractivity contribution < 1.29 is 9.59 Å². The second-order valence-electron chi connectivity index (χ2n) is 6.49. The van der Waals surface area contributed by atoms with Crippen LogP contribution in [0.15, 0.2) is 48.5 Å². The summed E-state index contributed by atoms with van der Waals surface area (Å²) >= 11 is 0. The van der Waals surface area contributed by atoms with Crippen LogP contribution in [0.3, 0.4) is 0 Å². The van der Waals surface area contributed by atoms with Gasteiger partial charge in [-0.05, 0) is 37.1 Å². The van der Waals surface area contributed by atoms with Gasteiger partial charge in [0.2, 0.25) is 11.8 Å². The van der Waals surface area contributed by atoms with Gasteiger partial charge in [0.1, 0.15) is 12.4 Å². The first-order valence-corrected chi connectivity index (χ1v) is 9.14. The smallest absolute Gasteiger partial charge is 0.244 e. The van der Waals surface area contributed by atoms with Crippen LogP contribution in [0.4, 0.5) is 5.69 Å². The summed E-state index contributed by atoms with van der Waals surface area (Å²) in [5.74, 6) is 0.523. The average Bonchev–Trinajstić information content (AvgIpc) is 3.00. The Morgan fingerprint density at radius 1 is 1.04 bits per heavy atom. The zero-order chi connectivity index (χ0) is 19.2. The van der Waals surface area contributed by atoms with E-state index in [1.54, 1.807) is 0 Å². The van der Waals surface area contributed by atoms with E-state index in [4.69, 9.17) is 0 Å². The number of benzene rings is 2. The molecule has 140 valence electrons. The number of anilines is 1. The van der Waals surface area contributed by atoms with E-state index >= 15 is 0 Å². The van der Waals surface area contributed by atoms with Crippen LogP contribution in [0.1, 0.15) is 31.2 Å². The van der Waals surface area contributed by atoms with Gasteiger partial charge in [0.05, 0.1) is 17.6 Å². The number of carbonyl (C=O) groups is 2. The van der Waals surface area contributed by atoms with Gasteiger partial charge in [-0.2, -0.15) is 0 Å². The number of carbonyl (C=O) groups excluding carboxylic acids is 2. The van der Waals surface area contributed by atoms with Crippen LogP contribution in [-0.2, 0) is 22.7 Å². The van der Waals surface area contributed by atoms with E-state index in [1.165, 1.54) is 0 Å². The third-order valence-corrected chi connectivity index (χ3v) is 4.38. The molecule has 2 N–H and O–H groups in total. The minimum Gasteiger partial charge on any atom is -0.349 e. The van der Waals surface area contributed by atoms with Gasteiger partial charge in [-0.25, -0.2) is 4.98 Å². The van der Waals surface area contributed by atoms with Crippen molar-refractivity contribution in [2.24, 2.45) is 0 Å². The summed E-state index contributed by atoms with van der Waals surface area (Å²) in [6, 6.07) is 15.3. The largest absolute Gasteiger partial charge is 0.349 e. The molecule has 2 amide bonds. The molecule has 6 heteroatoms. The Labute approximate surface area is 158 Å². The highest BCUT2D eigenvalue weighted by Gasteiger charge is 2.14. The molecule has 0 aliphatic rings. The summed E-state index contributed by atoms with van der Waals surface area (Å²) in [7, 11) is 0. The van der Waals surface area contributed by atoms with Crippen LogP contribution in [0.2, 0.25) is 0 Å². The van der Waals surface area contributed by atoms with Gasteiger partial charge in [0, 0.05) is 12.1 Å². The molecule has 0 unspecified atom stereocenters. The van der Waals surface area contributed by atoms with Crippen molar-refractivity contribution in [1.82, 2.24) is 14.9 Å². The number of amides is 2. The highest BCUT2D eigenvalue weighted by Crippen LogP contribution is 2.17. The van der Waals surface area contributed by atoms with E-state index in [2.05, 4.69) is 15.6 Å². The van der Waals surface area contributed by atoms with Crippen molar-refractivity contribution in [1.29, 1.82) is 0 Å². The molecule has 0 atom stereocenters. The minimum absolute atomic E-state index is 0.0135. The molecule has 6 nitrogen and oxygen atoms in total. The molecule has 3 aromatic rings. The molecule has 1 heterocycles. The number of fused-ring (bicyclic) bond motifs is 1. The summed E-state index contributed by atoms with van der Waals surface area (Å²) in [6.07, 6.45) is 1.27. The predicted molar refractivity (Wildman–Crippen MR) is 106 cm³/mol. The molecule has 0 bridgehead atoms. The molecule has 0 saturated heterocycles. The van der Waals surface area contributed by atoms with Crippen molar-refractivity contribution in [3.8, 4) is 0 Å². The fraction of sp³-hybridized carbons (Fsp3) is 0.286. The summed E-state index contributed by atoms with van der Waals surface area (Å²) in [6.45, 7) is 4.35. The Bertz CT molecular complexity index is 962. The normalized spacial score (nSPS) is 10.7. The van der Waals surface area contributed by atoms with Gasteiger partial charge in [0.25, 0.3) is 0 Å². The first-order valence-electron chi connectivity index (χ1n) is 9.14. The van der Waals surface area contributed by atoms with E-state index in [0.29, 0.717) is 18.8 Å².